The summed E-state index contributed by atoms with van der Waals surface area (Å²) in [6.07, 6.45) is 4.48. The van der Waals surface area contributed by atoms with Crippen molar-refractivity contribution in [2.45, 2.75) is 32.2 Å². The largest absolute Gasteiger partial charge is 0.365 e. The summed E-state index contributed by atoms with van der Waals surface area (Å²) in [7, 11) is 1.65. The van der Waals surface area contributed by atoms with Crippen molar-refractivity contribution in [2.75, 3.05) is 6.54 Å². The van der Waals surface area contributed by atoms with Crippen LogP contribution in [0.5, 0.6) is 0 Å². The Labute approximate surface area is 106 Å². The predicted octanol–water partition coefficient (Wildman–Crippen LogP) is 0.534. The zero-order valence-corrected chi connectivity index (χ0v) is 10.7. The van der Waals surface area contributed by atoms with E-state index in [9.17, 15) is 9.59 Å². The number of carbonyl (C=O) groups excluding carboxylic acids is 2. The highest BCUT2D eigenvalue weighted by molar-refractivity contribution is 6.05. The molecule has 0 saturated carbocycles. The molecule has 0 aromatic carbocycles. The second-order valence-electron chi connectivity index (χ2n) is 4.74. The van der Waals surface area contributed by atoms with Crippen molar-refractivity contribution in [1.29, 1.82) is 0 Å². The van der Waals surface area contributed by atoms with Crippen molar-refractivity contribution in [3.63, 3.8) is 0 Å². The number of hydrogen-bond donors (Lipinski definition) is 1. The summed E-state index contributed by atoms with van der Waals surface area (Å²) >= 11 is 0. The van der Waals surface area contributed by atoms with Gasteiger partial charge in [-0.1, -0.05) is 0 Å². The summed E-state index contributed by atoms with van der Waals surface area (Å²) < 4.78 is 1.42. The van der Waals surface area contributed by atoms with Gasteiger partial charge in [-0.3, -0.25) is 14.3 Å². The molecule has 18 heavy (non-hydrogen) atoms. The molecule has 1 aromatic heterocycles. The molecule has 2 N–H and O–H groups in total. The van der Waals surface area contributed by atoms with Crippen molar-refractivity contribution >= 4 is 11.8 Å². The third-order valence-electron chi connectivity index (χ3n) is 3.47. The lowest BCUT2D eigenvalue weighted by atomic mass is 10.0. The number of nitrogens with two attached hydrogens (primary N) is 1. The molecule has 1 unspecified atom stereocenters. The van der Waals surface area contributed by atoms with Crippen molar-refractivity contribution in [3.05, 3.63) is 17.5 Å². The number of likely N-dealkylation sites (tertiary alicyclic amines) is 1. The normalized spacial score (nSPS) is 19.9. The van der Waals surface area contributed by atoms with Gasteiger partial charge in [0.1, 0.15) is 5.69 Å². The van der Waals surface area contributed by atoms with Crippen LogP contribution in [0.4, 0.5) is 0 Å². The summed E-state index contributed by atoms with van der Waals surface area (Å²) in [5.41, 5.74) is 5.75. The van der Waals surface area contributed by atoms with E-state index in [0.717, 1.165) is 25.8 Å². The Morgan fingerprint density at radius 1 is 1.44 bits per heavy atom. The van der Waals surface area contributed by atoms with E-state index >= 15 is 0 Å². The predicted molar refractivity (Wildman–Crippen MR) is 66.1 cm³/mol. The minimum absolute atomic E-state index is 0.156. The molecule has 1 aliphatic heterocycles. The maximum absolute atomic E-state index is 12.5. The van der Waals surface area contributed by atoms with E-state index in [2.05, 4.69) is 5.10 Å². The quantitative estimate of drug-likeness (QED) is 0.831. The molecule has 0 bridgehead atoms. The Morgan fingerprint density at radius 2 is 2.17 bits per heavy atom. The van der Waals surface area contributed by atoms with Gasteiger partial charge in [0.25, 0.3) is 11.8 Å². The second kappa shape index (κ2) is 4.80. The van der Waals surface area contributed by atoms with Gasteiger partial charge in [0.2, 0.25) is 0 Å². The highest BCUT2D eigenvalue weighted by Gasteiger charge is 2.29. The first-order chi connectivity index (χ1) is 8.52. The molecule has 0 radical (unpaired) electrons. The highest BCUT2D eigenvalue weighted by atomic mass is 16.2. The molecule has 1 saturated heterocycles. The summed E-state index contributed by atoms with van der Waals surface area (Å²) in [5.74, 6) is -0.771. The van der Waals surface area contributed by atoms with E-state index in [1.807, 2.05) is 6.92 Å². The van der Waals surface area contributed by atoms with Crippen LogP contribution in [-0.2, 0) is 7.05 Å². The number of primary amides is 1. The molecule has 1 atom stereocenters. The molecule has 2 rings (SSSR count). The van der Waals surface area contributed by atoms with Gasteiger partial charge in [-0.15, -0.1) is 0 Å². The van der Waals surface area contributed by atoms with Crippen LogP contribution in [0.1, 0.15) is 47.0 Å². The zero-order valence-electron chi connectivity index (χ0n) is 10.7. The maximum Gasteiger partial charge on any atom is 0.273 e. The van der Waals surface area contributed by atoms with Crippen LogP contribution in [0.3, 0.4) is 0 Å². The second-order valence-corrected chi connectivity index (χ2v) is 4.74. The van der Waals surface area contributed by atoms with Gasteiger partial charge in [0, 0.05) is 19.6 Å². The summed E-state index contributed by atoms with van der Waals surface area (Å²) in [5, 5.41) is 3.95. The smallest absolute Gasteiger partial charge is 0.273 e. The van der Waals surface area contributed by atoms with Crippen molar-refractivity contribution in [1.82, 2.24) is 14.7 Å². The number of hydrogen-bond acceptors (Lipinski definition) is 3. The first kappa shape index (κ1) is 12.6. The van der Waals surface area contributed by atoms with E-state index in [1.54, 1.807) is 11.9 Å². The van der Waals surface area contributed by atoms with Crippen molar-refractivity contribution < 1.29 is 9.59 Å². The molecule has 1 aliphatic rings. The molecule has 1 fully saturated rings. The standard InChI is InChI=1S/C12H18N4O2/c1-8-5-3-4-6-16(8)12(18)10-9(11(13)17)7-14-15(10)2/h7-8H,3-6H2,1-2H3,(H2,13,17). The Morgan fingerprint density at radius 3 is 2.78 bits per heavy atom. The van der Waals surface area contributed by atoms with Gasteiger partial charge in [-0.05, 0) is 26.2 Å². The maximum atomic E-state index is 12.5. The van der Waals surface area contributed by atoms with Gasteiger partial charge in [-0.25, -0.2) is 0 Å². The van der Waals surface area contributed by atoms with Gasteiger partial charge in [-0.2, -0.15) is 5.10 Å². The fourth-order valence-corrected chi connectivity index (χ4v) is 2.41. The van der Waals surface area contributed by atoms with Crippen molar-refractivity contribution in [3.8, 4) is 0 Å². The summed E-state index contributed by atoms with van der Waals surface area (Å²) in [6.45, 7) is 2.75. The van der Waals surface area contributed by atoms with Gasteiger partial charge in [0.15, 0.2) is 0 Å². The number of nitrogens with zero attached hydrogens (tertiary/aromatic N) is 3. The van der Waals surface area contributed by atoms with E-state index < -0.39 is 5.91 Å². The average Bonchev–Trinajstić information content (AvgIpc) is 2.71. The molecule has 6 heteroatoms. The average molecular weight is 250 g/mol. The van der Waals surface area contributed by atoms with E-state index in [-0.39, 0.29) is 23.2 Å². The number of rotatable bonds is 2. The van der Waals surface area contributed by atoms with Crippen LogP contribution in [0.25, 0.3) is 0 Å². The van der Waals surface area contributed by atoms with Crippen LogP contribution in [-0.4, -0.2) is 39.1 Å². The lowest BCUT2D eigenvalue weighted by Crippen LogP contribution is -2.43. The van der Waals surface area contributed by atoms with Crippen LogP contribution >= 0.6 is 0 Å². The Hall–Kier alpha value is -1.85. The van der Waals surface area contributed by atoms with E-state index in [0.29, 0.717) is 0 Å². The lowest BCUT2D eigenvalue weighted by molar-refractivity contribution is 0.0620. The number of aromatic nitrogens is 2. The highest BCUT2D eigenvalue weighted by Crippen LogP contribution is 2.20. The zero-order chi connectivity index (χ0) is 13.3. The Balaban J connectivity index is 2.33. The summed E-state index contributed by atoms with van der Waals surface area (Å²) in [4.78, 5) is 25.6. The van der Waals surface area contributed by atoms with Crippen LogP contribution < -0.4 is 5.73 Å². The first-order valence-electron chi connectivity index (χ1n) is 6.15. The van der Waals surface area contributed by atoms with E-state index in [1.165, 1.54) is 10.9 Å². The number of piperidine rings is 1. The van der Waals surface area contributed by atoms with Gasteiger partial charge >= 0.3 is 0 Å². The van der Waals surface area contributed by atoms with Gasteiger partial charge in [0.05, 0.1) is 11.8 Å². The third-order valence-corrected chi connectivity index (χ3v) is 3.47. The molecule has 6 nitrogen and oxygen atoms in total. The van der Waals surface area contributed by atoms with Crippen LogP contribution in [0, 0.1) is 0 Å². The van der Waals surface area contributed by atoms with Gasteiger partial charge < -0.3 is 10.6 Å². The number of aryl methyl sites for hydroxylation is 1. The molecule has 2 heterocycles. The first-order valence-corrected chi connectivity index (χ1v) is 6.15. The van der Waals surface area contributed by atoms with Crippen LogP contribution in [0.15, 0.2) is 6.20 Å². The minimum atomic E-state index is -0.615. The molecular formula is C12H18N4O2. The molecule has 98 valence electrons. The fourth-order valence-electron chi connectivity index (χ4n) is 2.41. The molecule has 0 spiro atoms. The SMILES string of the molecule is CC1CCCCN1C(=O)c1c(C(N)=O)cnn1C. The summed E-state index contributed by atoms with van der Waals surface area (Å²) in [6, 6.07) is 0.196. The Bertz CT molecular complexity index is 480. The number of amides is 2. The molecular weight excluding hydrogens is 232 g/mol. The Kier molecular flexibility index (Phi) is 3.36. The van der Waals surface area contributed by atoms with E-state index in [4.69, 9.17) is 5.73 Å². The minimum Gasteiger partial charge on any atom is -0.365 e. The van der Waals surface area contributed by atoms with Crippen molar-refractivity contribution in [2.24, 2.45) is 12.8 Å². The third kappa shape index (κ3) is 2.10. The molecule has 1 aromatic rings. The monoisotopic (exact) mass is 250 g/mol. The molecule has 2 amide bonds. The number of carbonyl (C=O) groups is 2. The fraction of sp³-hybridized carbons (Fsp3) is 0.583. The van der Waals surface area contributed by atoms with Crippen LogP contribution in [0.2, 0.25) is 0 Å². The lowest BCUT2D eigenvalue weighted by Gasteiger charge is -2.33. The molecule has 0 aliphatic carbocycles. The topological polar surface area (TPSA) is 81.2 Å².